The van der Waals surface area contributed by atoms with Crippen LogP contribution in [-0.4, -0.2) is 46.5 Å². The monoisotopic (exact) mass is 337 g/mol. The zero-order valence-electron chi connectivity index (χ0n) is 14.3. The molecule has 3 fully saturated rings. The summed E-state index contributed by atoms with van der Waals surface area (Å²) in [5.41, 5.74) is 1.66. The minimum Gasteiger partial charge on any atom is -0.360 e. The zero-order valence-corrected chi connectivity index (χ0v) is 14.3. The summed E-state index contributed by atoms with van der Waals surface area (Å²) in [6.45, 7) is 2.61. The largest absolute Gasteiger partial charge is 0.360 e. The van der Waals surface area contributed by atoms with E-state index in [2.05, 4.69) is 34.3 Å². The van der Waals surface area contributed by atoms with Crippen LogP contribution in [0.1, 0.15) is 59.5 Å². The molecule has 1 amide bonds. The summed E-state index contributed by atoms with van der Waals surface area (Å²) in [5.74, 6) is 1.35. The van der Waals surface area contributed by atoms with Gasteiger partial charge in [-0.15, -0.1) is 0 Å². The van der Waals surface area contributed by atoms with E-state index in [1.165, 1.54) is 18.4 Å². The van der Waals surface area contributed by atoms with Gasteiger partial charge in [-0.25, -0.2) is 0 Å². The normalized spacial score (nSPS) is 24.5. The van der Waals surface area contributed by atoms with Crippen molar-refractivity contribution < 1.29 is 9.32 Å². The van der Waals surface area contributed by atoms with Crippen LogP contribution in [0, 0.1) is 0 Å². The van der Waals surface area contributed by atoms with E-state index in [1.807, 2.05) is 17.0 Å². The summed E-state index contributed by atoms with van der Waals surface area (Å²) in [6.07, 6.45) is 4.89. The highest BCUT2D eigenvalue weighted by Crippen LogP contribution is 2.40. The molecule has 2 heterocycles. The molecule has 0 bridgehead atoms. The number of amides is 1. The Morgan fingerprint density at radius 3 is 2.60 bits per heavy atom. The molecule has 25 heavy (non-hydrogen) atoms. The lowest BCUT2D eigenvalue weighted by atomic mass is 10.0. The third kappa shape index (κ3) is 2.97. The Balaban J connectivity index is 1.41. The Morgan fingerprint density at radius 1 is 1.08 bits per heavy atom. The lowest BCUT2D eigenvalue weighted by Crippen LogP contribution is -2.51. The summed E-state index contributed by atoms with van der Waals surface area (Å²) in [6, 6.07) is 13.0. The van der Waals surface area contributed by atoms with Crippen LogP contribution < -0.4 is 0 Å². The topological polar surface area (TPSA) is 49.6 Å². The van der Waals surface area contributed by atoms with Gasteiger partial charge in [0.05, 0.1) is 6.04 Å². The van der Waals surface area contributed by atoms with Gasteiger partial charge in [0.1, 0.15) is 5.76 Å². The number of carbonyl (C=O) groups excluding carboxylic acids is 1. The Morgan fingerprint density at radius 2 is 1.88 bits per heavy atom. The first-order valence-corrected chi connectivity index (χ1v) is 9.36. The molecular weight excluding hydrogens is 314 g/mol. The van der Waals surface area contributed by atoms with Crippen LogP contribution in [0.2, 0.25) is 0 Å². The second-order valence-electron chi connectivity index (χ2n) is 7.54. The Hall–Kier alpha value is -2.14. The van der Waals surface area contributed by atoms with Gasteiger partial charge in [0.25, 0.3) is 5.91 Å². The van der Waals surface area contributed by atoms with Gasteiger partial charge in [0.15, 0.2) is 5.69 Å². The number of nitrogens with zero attached hydrogens (tertiary/aromatic N) is 3. The quantitative estimate of drug-likeness (QED) is 0.859. The molecular formula is C20H23N3O2. The van der Waals surface area contributed by atoms with Crippen molar-refractivity contribution >= 4 is 5.91 Å². The van der Waals surface area contributed by atoms with Gasteiger partial charge in [0, 0.05) is 37.7 Å². The van der Waals surface area contributed by atoms with Gasteiger partial charge < -0.3 is 9.42 Å². The molecule has 5 nitrogen and oxygen atoms in total. The molecule has 1 aromatic carbocycles. The van der Waals surface area contributed by atoms with Crippen molar-refractivity contribution in [3.05, 3.63) is 53.4 Å². The molecule has 0 radical (unpaired) electrons. The molecule has 2 saturated carbocycles. The highest BCUT2D eigenvalue weighted by Gasteiger charge is 2.39. The van der Waals surface area contributed by atoms with E-state index < -0.39 is 0 Å². The smallest absolute Gasteiger partial charge is 0.276 e. The first kappa shape index (κ1) is 15.1. The molecule has 1 aromatic heterocycles. The van der Waals surface area contributed by atoms with Crippen LogP contribution in [0.25, 0.3) is 0 Å². The maximum absolute atomic E-state index is 13.1. The standard InChI is InChI=1S/C20H23N3O2/c24-20(17-12-19(25-21-17)15-6-7-15)23-11-10-22(16-8-9-16)13-18(23)14-4-2-1-3-5-14/h1-5,12,15-16,18H,6-11,13H2. The second kappa shape index (κ2) is 5.99. The fourth-order valence-electron chi connectivity index (χ4n) is 3.88. The number of aromatic nitrogens is 1. The van der Waals surface area contributed by atoms with Crippen LogP contribution >= 0.6 is 0 Å². The summed E-state index contributed by atoms with van der Waals surface area (Å²) < 4.78 is 5.40. The van der Waals surface area contributed by atoms with E-state index in [0.717, 1.165) is 44.3 Å². The van der Waals surface area contributed by atoms with E-state index in [-0.39, 0.29) is 11.9 Å². The van der Waals surface area contributed by atoms with E-state index in [1.54, 1.807) is 0 Å². The van der Waals surface area contributed by atoms with Gasteiger partial charge in [-0.05, 0) is 31.2 Å². The molecule has 0 N–H and O–H groups in total. The number of carbonyl (C=O) groups is 1. The lowest BCUT2D eigenvalue weighted by Gasteiger charge is -2.41. The summed E-state index contributed by atoms with van der Waals surface area (Å²) in [5, 5.41) is 4.07. The predicted molar refractivity (Wildman–Crippen MR) is 93.3 cm³/mol. The molecule has 5 heteroatoms. The third-order valence-corrected chi connectivity index (χ3v) is 5.65. The SMILES string of the molecule is O=C(c1cc(C2CC2)on1)N1CCN(C2CC2)CC1c1ccccc1. The summed E-state index contributed by atoms with van der Waals surface area (Å²) in [4.78, 5) is 17.6. The molecule has 130 valence electrons. The highest BCUT2D eigenvalue weighted by molar-refractivity contribution is 5.92. The van der Waals surface area contributed by atoms with Crippen LogP contribution in [0.5, 0.6) is 0 Å². The Labute approximate surface area is 147 Å². The van der Waals surface area contributed by atoms with Gasteiger partial charge in [-0.2, -0.15) is 0 Å². The summed E-state index contributed by atoms with van der Waals surface area (Å²) in [7, 11) is 0. The average Bonchev–Trinajstić information content (AvgIpc) is 3.60. The fraction of sp³-hybridized carbons (Fsp3) is 0.500. The molecule has 0 spiro atoms. The van der Waals surface area contributed by atoms with Crippen LogP contribution in [0.15, 0.2) is 40.9 Å². The van der Waals surface area contributed by atoms with E-state index >= 15 is 0 Å². The number of benzene rings is 1. The maximum atomic E-state index is 13.1. The van der Waals surface area contributed by atoms with Crippen molar-refractivity contribution in [1.82, 2.24) is 15.0 Å². The number of hydrogen-bond acceptors (Lipinski definition) is 4. The number of hydrogen-bond donors (Lipinski definition) is 0. The average molecular weight is 337 g/mol. The first-order valence-electron chi connectivity index (χ1n) is 9.36. The Kier molecular flexibility index (Phi) is 3.63. The predicted octanol–water partition coefficient (Wildman–Crippen LogP) is 3.21. The van der Waals surface area contributed by atoms with Gasteiger partial charge in [-0.1, -0.05) is 35.5 Å². The molecule has 2 aliphatic carbocycles. The molecule has 3 aliphatic rings. The number of piperazine rings is 1. The minimum absolute atomic E-state index is 0.0000463. The van der Waals surface area contributed by atoms with Gasteiger partial charge >= 0.3 is 0 Å². The van der Waals surface area contributed by atoms with Crippen molar-refractivity contribution in [2.45, 2.75) is 43.7 Å². The van der Waals surface area contributed by atoms with Crippen molar-refractivity contribution in [3.63, 3.8) is 0 Å². The second-order valence-corrected chi connectivity index (χ2v) is 7.54. The molecule has 2 aromatic rings. The van der Waals surface area contributed by atoms with Crippen molar-refractivity contribution in [1.29, 1.82) is 0 Å². The maximum Gasteiger partial charge on any atom is 0.276 e. The Bertz CT molecular complexity index is 764. The molecule has 5 rings (SSSR count). The highest BCUT2D eigenvalue weighted by atomic mass is 16.5. The molecule has 1 aliphatic heterocycles. The minimum atomic E-state index is -0.0000463. The van der Waals surface area contributed by atoms with Gasteiger partial charge in [0.2, 0.25) is 0 Å². The van der Waals surface area contributed by atoms with Crippen LogP contribution in [-0.2, 0) is 0 Å². The van der Waals surface area contributed by atoms with Crippen LogP contribution in [0.3, 0.4) is 0 Å². The van der Waals surface area contributed by atoms with E-state index in [9.17, 15) is 4.79 Å². The number of rotatable bonds is 4. The lowest BCUT2D eigenvalue weighted by molar-refractivity contribution is 0.0423. The van der Waals surface area contributed by atoms with Crippen molar-refractivity contribution in [2.75, 3.05) is 19.6 Å². The van der Waals surface area contributed by atoms with Gasteiger partial charge in [-0.3, -0.25) is 9.69 Å². The summed E-state index contributed by atoms with van der Waals surface area (Å²) >= 11 is 0. The van der Waals surface area contributed by atoms with E-state index in [0.29, 0.717) is 11.6 Å². The van der Waals surface area contributed by atoms with E-state index in [4.69, 9.17) is 4.52 Å². The molecule has 1 unspecified atom stereocenters. The van der Waals surface area contributed by atoms with Crippen LogP contribution in [0.4, 0.5) is 0 Å². The van der Waals surface area contributed by atoms with Crippen molar-refractivity contribution in [3.8, 4) is 0 Å². The molecule has 1 saturated heterocycles. The zero-order chi connectivity index (χ0) is 16.8. The first-order chi connectivity index (χ1) is 12.3. The fourth-order valence-corrected chi connectivity index (χ4v) is 3.88. The molecule has 1 atom stereocenters. The van der Waals surface area contributed by atoms with Crippen molar-refractivity contribution in [2.24, 2.45) is 0 Å². The third-order valence-electron chi connectivity index (χ3n) is 5.65.